The maximum Gasteiger partial charge on any atom is 0.325 e. The minimum atomic E-state index is -3.57. The second-order valence-corrected chi connectivity index (χ2v) is 7.12. The summed E-state index contributed by atoms with van der Waals surface area (Å²) in [5.74, 6) is -1.78. The first-order valence-corrected chi connectivity index (χ1v) is 7.18. The number of hydrogen-bond acceptors (Lipinski definition) is 5. The van der Waals surface area contributed by atoms with Gasteiger partial charge in [-0.15, -0.1) is 0 Å². The lowest BCUT2D eigenvalue weighted by atomic mass is 10.2. The first kappa shape index (κ1) is 15.2. The van der Waals surface area contributed by atoms with Crippen LogP contribution in [-0.2, 0) is 26.0 Å². The van der Waals surface area contributed by atoms with E-state index in [1.54, 1.807) is 0 Å². The van der Waals surface area contributed by atoms with Crippen LogP contribution in [0.15, 0.2) is 12.4 Å². The molecule has 0 aliphatic rings. The number of hydrogen-bond donors (Lipinski definition) is 2. The van der Waals surface area contributed by atoms with Crippen LogP contribution in [0.5, 0.6) is 0 Å². The quantitative estimate of drug-likeness (QED) is 0.770. The summed E-state index contributed by atoms with van der Waals surface area (Å²) < 4.78 is 22.5. The number of rotatable bonds is 5. The minimum Gasteiger partial charge on any atom is -0.480 e. The van der Waals surface area contributed by atoms with Crippen LogP contribution >= 0.6 is 0 Å². The van der Waals surface area contributed by atoms with Gasteiger partial charge in [-0.2, -0.15) is 5.10 Å². The zero-order valence-corrected chi connectivity index (χ0v) is 11.6. The van der Waals surface area contributed by atoms with Crippen LogP contribution in [0.1, 0.15) is 13.8 Å². The monoisotopic (exact) mass is 289 g/mol. The molecule has 0 unspecified atom stereocenters. The second kappa shape index (κ2) is 5.00. The molecule has 0 aliphatic carbocycles. The van der Waals surface area contributed by atoms with Crippen LogP contribution in [-0.4, -0.2) is 46.2 Å². The van der Waals surface area contributed by atoms with Gasteiger partial charge < -0.3 is 10.4 Å². The van der Waals surface area contributed by atoms with Gasteiger partial charge in [-0.3, -0.25) is 14.3 Å². The Kier molecular flexibility index (Phi) is 3.99. The Balaban J connectivity index is 2.83. The van der Waals surface area contributed by atoms with Crippen molar-refractivity contribution in [1.82, 2.24) is 9.78 Å². The molecular formula is C10H15N3O5S. The number of anilines is 1. The third-order valence-corrected chi connectivity index (χ3v) is 4.70. The van der Waals surface area contributed by atoms with E-state index >= 15 is 0 Å². The molecule has 1 aromatic heterocycles. The molecule has 0 atom stereocenters. The molecule has 0 aliphatic heterocycles. The van der Waals surface area contributed by atoms with Gasteiger partial charge in [-0.1, -0.05) is 0 Å². The molecule has 1 amide bonds. The van der Waals surface area contributed by atoms with Crippen LogP contribution in [0.4, 0.5) is 5.69 Å². The highest BCUT2D eigenvalue weighted by Gasteiger charge is 2.38. The topological polar surface area (TPSA) is 118 Å². The third kappa shape index (κ3) is 3.53. The van der Waals surface area contributed by atoms with Gasteiger partial charge in [0.2, 0.25) is 5.91 Å². The highest BCUT2D eigenvalue weighted by atomic mass is 32.2. The lowest BCUT2D eigenvalue weighted by Gasteiger charge is -2.20. The molecule has 1 aromatic rings. The molecule has 0 fully saturated rings. The maximum absolute atomic E-state index is 11.9. The predicted molar refractivity (Wildman–Crippen MR) is 67.4 cm³/mol. The van der Waals surface area contributed by atoms with E-state index in [1.807, 2.05) is 0 Å². The van der Waals surface area contributed by atoms with E-state index in [2.05, 4.69) is 10.4 Å². The van der Waals surface area contributed by atoms with E-state index in [0.29, 0.717) is 0 Å². The number of nitrogens with one attached hydrogen (secondary N) is 1. The summed E-state index contributed by atoms with van der Waals surface area (Å²) in [5.41, 5.74) is 0.239. The van der Waals surface area contributed by atoms with E-state index in [0.717, 1.165) is 10.9 Å². The van der Waals surface area contributed by atoms with Crippen molar-refractivity contribution in [3.63, 3.8) is 0 Å². The molecule has 0 aromatic carbocycles. The van der Waals surface area contributed by atoms with Crippen molar-refractivity contribution in [2.24, 2.45) is 0 Å². The smallest absolute Gasteiger partial charge is 0.325 e. The molecule has 1 heterocycles. The van der Waals surface area contributed by atoms with E-state index < -0.39 is 26.5 Å². The highest BCUT2D eigenvalue weighted by Crippen LogP contribution is 2.18. The standard InChI is InChI=1S/C10H15N3O5S/c1-10(2,19(3,17)18)9(16)12-7-4-11-13(5-7)6-8(14)15/h4-5H,6H2,1-3H3,(H,12,16)(H,14,15). The number of aromatic nitrogens is 2. The normalized spacial score (nSPS) is 12.2. The summed E-state index contributed by atoms with van der Waals surface area (Å²) in [6, 6.07) is 0. The third-order valence-electron chi connectivity index (χ3n) is 2.66. The Hall–Kier alpha value is -1.90. The van der Waals surface area contributed by atoms with Crippen LogP contribution in [0.25, 0.3) is 0 Å². The maximum atomic E-state index is 11.9. The Morgan fingerprint density at radius 2 is 2.05 bits per heavy atom. The first-order valence-electron chi connectivity index (χ1n) is 5.29. The molecule has 106 valence electrons. The van der Waals surface area contributed by atoms with Gasteiger partial charge in [0.05, 0.1) is 11.9 Å². The Morgan fingerprint density at radius 3 is 2.53 bits per heavy atom. The van der Waals surface area contributed by atoms with Gasteiger partial charge in [0.25, 0.3) is 0 Å². The molecule has 0 spiro atoms. The summed E-state index contributed by atoms with van der Waals surface area (Å²) >= 11 is 0. The van der Waals surface area contributed by atoms with Crippen molar-refractivity contribution in [1.29, 1.82) is 0 Å². The molecule has 9 heteroatoms. The molecule has 19 heavy (non-hydrogen) atoms. The zero-order valence-electron chi connectivity index (χ0n) is 10.7. The fourth-order valence-corrected chi connectivity index (χ4v) is 1.49. The van der Waals surface area contributed by atoms with Crippen LogP contribution in [0.2, 0.25) is 0 Å². The molecule has 0 bridgehead atoms. The summed E-state index contributed by atoms with van der Waals surface area (Å²) in [6.07, 6.45) is 3.53. The first-order chi connectivity index (χ1) is 8.54. The molecule has 0 radical (unpaired) electrons. The van der Waals surface area contributed by atoms with Crippen molar-refractivity contribution >= 4 is 27.4 Å². The molecule has 0 saturated carbocycles. The van der Waals surface area contributed by atoms with Crippen molar-refractivity contribution in [2.75, 3.05) is 11.6 Å². The average molecular weight is 289 g/mol. The zero-order chi connectivity index (χ0) is 14.8. The van der Waals surface area contributed by atoms with Crippen molar-refractivity contribution in [3.05, 3.63) is 12.4 Å². The highest BCUT2D eigenvalue weighted by molar-refractivity contribution is 7.92. The summed E-state index contributed by atoms with van der Waals surface area (Å²) in [6.45, 7) is 2.24. The fourth-order valence-electron chi connectivity index (χ4n) is 1.10. The van der Waals surface area contributed by atoms with Crippen LogP contribution in [0.3, 0.4) is 0 Å². The van der Waals surface area contributed by atoms with Gasteiger partial charge in [0.1, 0.15) is 11.3 Å². The molecule has 8 nitrogen and oxygen atoms in total. The summed E-state index contributed by atoms with van der Waals surface area (Å²) in [4.78, 5) is 22.3. The number of carboxylic acids is 1. The van der Waals surface area contributed by atoms with Gasteiger partial charge in [-0.05, 0) is 13.8 Å². The Labute approximate surface area is 110 Å². The largest absolute Gasteiger partial charge is 0.480 e. The van der Waals surface area contributed by atoms with Crippen molar-refractivity contribution < 1.29 is 23.1 Å². The van der Waals surface area contributed by atoms with Crippen LogP contribution < -0.4 is 5.32 Å². The lowest BCUT2D eigenvalue weighted by Crippen LogP contribution is -2.43. The van der Waals surface area contributed by atoms with E-state index in [1.165, 1.54) is 26.2 Å². The fraction of sp³-hybridized carbons (Fsp3) is 0.500. The van der Waals surface area contributed by atoms with Crippen molar-refractivity contribution in [3.8, 4) is 0 Å². The minimum absolute atomic E-state index is 0.239. The average Bonchev–Trinajstić information content (AvgIpc) is 2.62. The number of carbonyl (C=O) groups is 2. The Morgan fingerprint density at radius 1 is 1.47 bits per heavy atom. The summed E-state index contributed by atoms with van der Waals surface area (Å²) in [5, 5.41) is 14.7. The van der Waals surface area contributed by atoms with Gasteiger partial charge >= 0.3 is 5.97 Å². The SMILES string of the molecule is CC(C)(C(=O)Nc1cnn(CC(=O)O)c1)S(C)(=O)=O. The number of amides is 1. The van der Waals surface area contributed by atoms with Gasteiger partial charge in [0.15, 0.2) is 9.84 Å². The number of carbonyl (C=O) groups excluding carboxylic acids is 1. The molecule has 0 saturated heterocycles. The van der Waals surface area contributed by atoms with E-state index in [-0.39, 0.29) is 12.2 Å². The van der Waals surface area contributed by atoms with E-state index in [9.17, 15) is 18.0 Å². The van der Waals surface area contributed by atoms with Gasteiger partial charge in [0, 0.05) is 12.5 Å². The van der Waals surface area contributed by atoms with Crippen molar-refractivity contribution in [2.45, 2.75) is 25.1 Å². The number of aliphatic carboxylic acids is 1. The number of nitrogens with zero attached hydrogens (tertiary/aromatic N) is 2. The number of sulfone groups is 1. The summed E-state index contributed by atoms with van der Waals surface area (Å²) in [7, 11) is -3.57. The van der Waals surface area contributed by atoms with Gasteiger partial charge in [-0.25, -0.2) is 8.42 Å². The number of carboxylic acid groups (broad SMARTS) is 1. The second-order valence-electron chi connectivity index (χ2n) is 4.56. The molecule has 2 N–H and O–H groups in total. The van der Waals surface area contributed by atoms with Crippen LogP contribution in [0, 0.1) is 0 Å². The Bertz CT molecular complexity index is 602. The molecule has 1 rings (SSSR count). The predicted octanol–water partition coefficient (Wildman–Crippen LogP) is -0.271. The lowest BCUT2D eigenvalue weighted by molar-refractivity contribution is -0.137. The molecular weight excluding hydrogens is 274 g/mol. The van der Waals surface area contributed by atoms with E-state index in [4.69, 9.17) is 5.11 Å².